The van der Waals surface area contributed by atoms with Crippen molar-refractivity contribution in [2.75, 3.05) is 19.5 Å². The first-order valence-electron chi connectivity index (χ1n) is 7.50. The molecule has 0 aliphatic rings. The number of hydrogen-bond donors (Lipinski definition) is 1. The number of ether oxygens (including phenoxy) is 2. The molecule has 3 rings (SSSR count). The normalized spacial score (nSPS) is 12.0. The Labute approximate surface area is 153 Å². The van der Waals surface area contributed by atoms with E-state index >= 15 is 0 Å². The minimum Gasteiger partial charge on any atom is -0.493 e. The van der Waals surface area contributed by atoms with Crippen LogP contribution in [0.15, 0.2) is 41.0 Å². The summed E-state index contributed by atoms with van der Waals surface area (Å²) in [4.78, 5) is 21.9. The van der Waals surface area contributed by atoms with Crippen LogP contribution in [0.1, 0.15) is 6.92 Å². The molecule has 0 aliphatic heterocycles. The zero-order valence-electron chi connectivity index (χ0n) is 14.0. The molecule has 25 heavy (non-hydrogen) atoms. The van der Waals surface area contributed by atoms with Gasteiger partial charge in [0.2, 0.25) is 5.91 Å². The van der Waals surface area contributed by atoms with E-state index in [1.165, 1.54) is 18.1 Å². The highest BCUT2D eigenvalue weighted by Gasteiger charge is 2.18. The van der Waals surface area contributed by atoms with Crippen molar-refractivity contribution in [1.82, 2.24) is 9.97 Å². The van der Waals surface area contributed by atoms with Crippen LogP contribution in [0.5, 0.6) is 11.5 Å². The Balaban J connectivity index is 1.72. The quantitative estimate of drug-likeness (QED) is 0.521. The van der Waals surface area contributed by atoms with Crippen molar-refractivity contribution in [3.8, 4) is 11.5 Å². The van der Waals surface area contributed by atoms with Crippen LogP contribution >= 0.6 is 23.1 Å². The lowest BCUT2D eigenvalue weighted by atomic mass is 10.2. The highest BCUT2D eigenvalue weighted by molar-refractivity contribution is 8.00. The van der Waals surface area contributed by atoms with Gasteiger partial charge in [-0.25, -0.2) is 9.97 Å². The van der Waals surface area contributed by atoms with Crippen LogP contribution in [-0.2, 0) is 4.79 Å². The highest BCUT2D eigenvalue weighted by atomic mass is 32.2. The fourth-order valence-corrected chi connectivity index (χ4v) is 3.94. The van der Waals surface area contributed by atoms with E-state index in [0.717, 1.165) is 15.2 Å². The topological polar surface area (TPSA) is 73.3 Å². The summed E-state index contributed by atoms with van der Waals surface area (Å²) in [6.45, 7) is 1.85. The van der Waals surface area contributed by atoms with Crippen LogP contribution in [0.2, 0.25) is 0 Å². The van der Waals surface area contributed by atoms with Crippen LogP contribution in [0, 0.1) is 0 Å². The summed E-state index contributed by atoms with van der Waals surface area (Å²) in [6, 6.07) is 7.24. The maximum Gasteiger partial charge on any atom is 0.237 e. The lowest BCUT2D eigenvalue weighted by Crippen LogP contribution is -2.22. The Morgan fingerprint density at radius 1 is 1.20 bits per heavy atom. The number of carbonyl (C=O) groups excluding carboxylic acids is 1. The number of aromatic nitrogens is 2. The SMILES string of the molecule is COc1ccc(NC(=O)[C@@H](C)Sc2ncnc3sccc23)cc1OC. The number of benzene rings is 1. The molecular weight excluding hydrogens is 358 g/mol. The molecule has 2 heterocycles. The molecular formula is C17H17N3O3S2. The largest absolute Gasteiger partial charge is 0.493 e. The number of anilines is 1. The molecule has 2 aromatic heterocycles. The zero-order chi connectivity index (χ0) is 17.8. The van der Waals surface area contributed by atoms with Crippen molar-refractivity contribution in [2.45, 2.75) is 17.2 Å². The molecule has 1 atom stereocenters. The van der Waals surface area contributed by atoms with Crippen LogP contribution in [0.3, 0.4) is 0 Å². The second-order valence-corrected chi connectivity index (χ2v) is 7.36. The molecule has 0 unspecified atom stereocenters. The summed E-state index contributed by atoms with van der Waals surface area (Å²) < 4.78 is 10.5. The number of fused-ring (bicyclic) bond motifs is 1. The maximum absolute atomic E-state index is 12.5. The third-order valence-corrected chi connectivity index (χ3v) is 5.47. The van der Waals surface area contributed by atoms with Gasteiger partial charge >= 0.3 is 0 Å². The Morgan fingerprint density at radius 3 is 2.76 bits per heavy atom. The summed E-state index contributed by atoms with van der Waals surface area (Å²) >= 11 is 2.97. The first kappa shape index (κ1) is 17.5. The molecule has 8 heteroatoms. The van der Waals surface area contributed by atoms with E-state index in [4.69, 9.17) is 9.47 Å². The van der Waals surface area contributed by atoms with Gasteiger partial charge in [-0.2, -0.15) is 0 Å². The number of amides is 1. The maximum atomic E-state index is 12.5. The molecule has 0 bridgehead atoms. The Morgan fingerprint density at radius 2 is 2.00 bits per heavy atom. The average Bonchev–Trinajstić information content (AvgIpc) is 3.11. The van der Waals surface area contributed by atoms with Gasteiger partial charge in [0.1, 0.15) is 16.2 Å². The molecule has 1 N–H and O–H groups in total. The third-order valence-electron chi connectivity index (χ3n) is 3.53. The van der Waals surface area contributed by atoms with E-state index in [1.807, 2.05) is 18.4 Å². The molecule has 3 aromatic rings. The minimum atomic E-state index is -0.314. The van der Waals surface area contributed by atoms with Gasteiger partial charge in [0.05, 0.1) is 19.5 Å². The van der Waals surface area contributed by atoms with Gasteiger partial charge in [-0.15, -0.1) is 11.3 Å². The summed E-state index contributed by atoms with van der Waals surface area (Å²) in [5.41, 5.74) is 0.651. The number of nitrogens with zero attached hydrogens (tertiary/aromatic N) is 2. The first-order valence-corrected chi connectivity index (χ1v) is 9.26. The first-order chi connectivity index (χ1) is 12.1. The van der Waals surface area contributed by atoms with Gasteiger partial charge in [0.15, 0.2) is 11.5 Å². The fraction of sp³-hybridized carbons (Fsp3) is 0.235. The molecule has 1 amide bonds. The second-order valence-electron chi connectivity index (χ2n) is 5.14. The summed E-state index contributed by atoms with van der Waals surface area (Å²) in [5.74, 6) is 1.07. The average molecular weight is 375 g/mol. The standard InChI is InChI=1S/C17H17N3O3S2/c1-10(25-17-12-6-7-24-16(12)18-9-19-17)15(21)20-11-4-5-13(22-2)14(8-11)23-3/h4-10H,1-3H3,(H,20,21)/t10-/m1/s1. The molecule has 0 spiro atoms. The number of nitrogens with one attached hydrogen (secondary N) is 1. The zero-order valence-corrected chi connectivity index (χ0v) is 15.6. The highest BCUT2D eigenvalue weighted by Crippen LogP contribution is 2.32. The monoisotopic (exact) mass is 375 g/mol. The molecule has 0 radical (unpaired) electrons. The molecule has 130 valence electrons. The molecule has 6 nitrogen and oxygen atoms in total. The summed E-state index contributed by atoms with van der Waals surface area (Å²) in [7, 11) is 3.13. The number of carbonyl (C=O) groups is 1. The lowest BCUT2D eigenvalue weighted by molar-refractivity contribution is -0.115. The van der Waals surface area contributed by atoms with E-state index < -0.39 is 0 Å². The van der Waals surface area contributed by atoms with Crippen molar-refractivity contribution in [2.24, 2.45) is 0 Å². The number of thioether (sulfide) groups is 1. The van der Waals surface area contributed by atoms with E-state index in [0.29, 0.717) is 17.2 Å². The molecule has 0 saturated carbocycles. The van der Waals surface area contributed by atoms with Gasteiger partial charge in [-0.3, -0.25) is 4.79 Å². The van der Waals surface area contributed by atoms with Gasteiger partial charge in [0, 0.05) is 17.1 Å². The number of rotatable bonds is 6. The second kappa shape index (κ2) is 7.71. The minimum absolute atomic E-state index is 0.112. The van der Waals surface area contributed by atoms with Crippen LogP contribution < -0.4 is 14.8 Å². The van der Waals surface area contributed by atoms with Gasteiger partial charge in [-0.05, 0) is 30.5 Å². The molecule has 0 fully saturated rings. The Hall–Kier alpha value is -2.32. The predicted molar refractivity (Wildman–Crippen MR) is 101 cm³/mol. The smallest absolute Gasteiger partial charge is 0.237 e. The van der Waals surface area contributed by atoms with Crippen LogP contribution in [-0.4, -0.2) is 35.3 Å². The molecule has 1 aromatic carbocycles. The van der Waals surface area contributed by atoms with Crippen molar-refractivity contribution < 1.29 is 14.3 Å². The number of thiophene rings is 1. The van der Waals surface area contributed by atoms with Crippen LogP contribution in [0.25, 0.3) is 10.2 Å². The molecule has 0 aliphatic carbocycles. The lowest BCUT2D eigenvalue weighted by Gasteiger charge is -2.14. The van der Waals surface area contributed by atoms with Crippen LogP contribution in [0.4, 0.5) is 5.69 Å². The number of hydrogen-bond acceptors (Lipinski definition) is 7. The number of methoxy groups -OCH3 is 2. The summed E-state index contributed by atoms with van der Waals surface area (Å²) in [5, 5.41) is 6.33. The fourth-order valence-electron chi connectivity index (χ4n) is 2.24. The predicted octanol–water partition coefficient (Wildman–Crippen LogP) is 3.83. The van der Waals surface area contributed by atoms with E-state index in [2.05, 4.69) is 15.3 Å². The Kier molecular flexibility index (Phi) is 5.40. The third kappa shape index (κ3) is 3.85. The molecule has 0 saturated heterocycles. The van der Waals surface area contributed by atoms with Gasteiger partial charge in [0.25, 0.3) is 0 Å². The summed E-state index contributed by atoms with van der Waals surface area (Å²) in [6.07, 6.45) is 1.53. The van der Waals surface area contributed by atoms with E-state index in [9.17, 15) is 4.79 Å². The van der Waals surface area contributed by atoms with Gasteiger partial charge < -0.3 is 14.8 Å². The van der Waals surface area contributed by atoms with E-state index in [1.54, 1.807) is 43.8 Å². The van der Waals surface area contributed by atoms with Gasteiger partial charge in [-0.1, -0.05) is 11.8 Å². The van der Waals surface area contributed by atoms with Crippen molar-refractivity contribution in [3.05, 3.63) is 36.0 Å². The Bertz CT molecular complexity index is 898. The van der Waals surface area contributed by atoms with Crippen molar-refractivity contribution in [3.63, 3.8) is 0 Å². The van der Waals surface area contributed by atoms with E-state index in [-0.39, 0.29) is 11.2 Å². The van der Waals surface area contributed by atoms with Crippen molar-refractivity contribution in [1.29, 1.82) is 0 Å². The van der Waals surface area contributed by atoms with Crippen molar-refractivity contribution >= 4 is 44.9 Å².